The molecule has 124 valence electrons. The highest BCUT2D eigenvalue weighted by molar-refractivity contribution is 9.09. The second-order valence-electron chi connectivity index (χ2n) is 4.47. The molecule has 1 aromatic carbocycles. The first-order valence-electron chi connectivity index (χ1n) is 6.37. The highest BCUT2D eigenvalue weighted by Crippen LogP contribution is 2.36. The standard InChI is InChI=1S/C13H10BrCl4N3O2/c1-2-20-10(22)9(19-11(14)13(16,17)18)21(12(20)23)8-5-3-7(15)4-6-8/h3-6,11H,2H2,1H3/b19-9-. The highest BCUT2D eigenvalue weighted by atomic mass is 79.9. The lowest BCUT2D eigenvalue weighted by Gasteiger charge is -2.18. The van der Waals surface area contributed by atoms with Gasteiger partial charge >= 0.3 is 6.03 Å². The number of anilines is 1. The van der Waals surface area contributed by atoms with Crippen LogP contribution >= 0.6 is 62.3 Å². The normalized spacial score (nSPS) is 19.0. The summed E-state index contributed by atoms with van der Waals surface area (Å²) in [4.78, 5) is 30.2. The van der Waals surface area contributed by atoms with Crippen LogP contribution in [0, 0.1) is 0 Å². The number of likely N-dealkylation sites (N-methyl/N-ethyl adjacent to an activating group) is 1. The van der Waals surface area contributed by atoms with Gasteiger partial charge in [-0.15, -0.1) is 0 Å². The molecule has 3 amide bonds. The molecule has 10 heteroatoms. The molecular weight excluding hydrogens is 452 g/mol. The van der Waals surface area contributed by atoms with Crippen molar-refractivity contribution in [3.05, 3.63) is 29.3 Å². The third-order valence-corrected chi connectivity index (χ3v) is 5.53. The fourth-order valence-electron chi connectivity index (χ4n) is 1.91. The lowest BCUT2D eigenvalue weighted by Crippen LogP contribution is -2.33. The topological polar surface area (TPSA) is 53.0 Å². The molecule has 1 aliphatic rings. The van der Waals surface area contributed by atoms with Gasteiger partial charge in [0.1, 0.15) is 0 Å². The van der Waals surface area contributed by atoms with Crippen LogP contribution in [0.4, 0.5) is 10.5 Å². The third-order valence-electron chi connectivity index (χ3n) is 2.98. The summed E-state index contributed by atoms with van der Waals surface area (Å²) in [6.07, 6.45) is 0. The lowest BCUT2D eigenvalue weighted by molar-refractivity contribution is -0.120. The summed E-state index contributed by atoms with van der Waals surface area (Å²) in [5, 5.41) is 0.497. The van der Waals surface area contributed by atoms with Crippen LogP contribution < -0.4 is 4.90 Å². The van der Waals surface area contributed by atoms with Crippen LogP contribution in [0.2, 0.25) is 5.02 Å². The Hall–Kier alpha value is -0.530. The summed E-state index contributed by atoms with van der Waals surface area (Å²) in [5.74, 6) is -0.696. The van der Waals surface area contributed by atoms with Crippen LogP contribution in [-0.2, 0) is 4.79 Å². The first-order valence-corrected chi connectivity index (χ1v) is 8.79. The van der Waals surface area contributed by atoms with Gasteiger partial charge in [0.25, 0.3) is 5.91 Å². The molecule has 0 spiro atoms. The molecule has 2 rings (SSSR count). The number of rotatable bonds is 3. The molecule has 0 bridgehead atoms. The molecule has 0 aromatic heterocycles. The minimum Gasteiger partial charge on any atom is -0.265 e. The number of hydrogen-bond acceptors (Lipinski definition) is 3. The number of aliphatic imine (C=N–C) groups is 1. The minimum absolute atomic E-state index is 0.132. The number of urea groups is 1. The van der Waals surface area contributed by atoms with Gasteiger partial charge < -0.3 is 0 Å². The number of alkyl halides is 4. The smallest absolute Gasteiger partial charge is 0.265 e. The largest absolute Gasteiger partial charge is 0.337 e. The Balaban J connectivity index is 2.51. The Morgan fingerprint density at radius 1 is 1.22 bits per heavy atom. The van der Waals surface area contributed by atoms with Crippen molar-refractivity contribution in [2.75, 3.05) is 11.4 Å². The molecule has 1 saturated heterocycles. The molecule has 1 aromatic rings. The Morgan fingerprint density at radius 2 is 1.78 bits per heavy atom. The molecule has 1 heterocycles. The van der Waals surface area contributed by atoms with Gasteiger partial charge in [0, 0.05) is 11.6 Å². The molecule has 0 N–H and O–H groups in total. The van der Waals surface area contributed by atoms with Gasteiger partial charge in [0.15, 0.2) is 4.95 Å². The van der Waals surface area contributed by atoms with Gasteiger partial charge in [-0.25, -0.2) is 14.7 Å². The van der Waals surface area contributed by atoms with Crippen LogP contribution in [0.1, 0.15) is 6.92 Å². The summed E-state index contributed by atoms with van der Waals surface area (Å²) in [6.45, 7) is 1.88. The van der Waals surface area contributed by atoms with E-state index in [9.17, 15) is 9.59 Å². The van der Waals surface area contributed by atoms with E-state index in [0.29, 0.717) is 10.7 Å². The van der Waals surface area contributed by atoms with E-state index in [4.69, 9.17) is 46.4 Å². The van der Waals surface area contributed by atoms with E-state index >= 15 is 0 Å². The van der Waals surface area contributed by atoms with Gasteiger partial charge in [0.2, 0.25) is 9.63 Å². The average Bonchev–Trinajstić information content (AvgIpc) is 2.70. The van der Waals surface area contributed by atoms with Gasteiger partial charge in [-0.05, 0) is 31.2 Å². The summed E-state index contributed by atoms with van der Waals surface area (Å²) >= 11 is 26.2. The van der Waals surface area contributed by atoms with E-state index in [1.54, 1.807) is 31.2 Å². The predicted molar refractivity (Wildman–Crippen MR) is 97.2 cm³/mol. The van der Waals surface area contributed by atoms with E-state index in [-0.39, 0.29) is 12.4 Å². The van der Waals surface area contributed by atoms with E-state index < -0.39 is 20.7 Å². The van der Waals surface area contributed by atoms with Crippen molar-refractivity contribution in [1.29, 1.82) is 0 Å². The maximum Gasteiger partial charge on any atom is 0.337 e. The van der Waals surface area contributed by atoms with Crippen molar-refractivity contribution in [3.63, 3.8) is 0 Å². The zero-order chi connectivity index (χ0) is 17.4. The monoisotopic (exact) mass is 459 g/mol. The Kier molecular flexibility index (Phi) is 5.85. The van der Waals surface area contributed by atoms with E-state index in [2.05, 4.69) is 20.9 Å². The van der Waals surface area contributed by atoms with Gasteiger partial charge in [-0.2, -0.15) is 0 Å². The van der Waals surface area contributed by atoms with Crippen molar-refractivity contribution in [3.8, 4) is 0 Å². The number of halogens is 5. The minimum atomic E-state index is -1.78. The van der Waals surface area contributed by atoms with E-state index in [0.717, 1.165) is 9.80 Å². The molecule has 0 aliphatic carbocycles. The Morgan fingerprint density at radius 3 is 2.26 bits per heavy atom. The van der Waals surface area contributed by atoms with Crippen LogP contribution in [0.5, 0.6) is 0 Å². The third kappa shape index (κ3) is 3.94. The first-order chi connectivity index (χ1) is 10.7. The van der Waals surface area contributed by atoms with Crippen molar-refractivity contribution < 1.29 is 9.59 Å². The van der Waals surface area contributed by atoms with E-state index in [1.165, 1.54) is 0 Å². The summed E-state index contributed by atoms with van der Waals surface area (Å²) in [7, 11) is 0. The lowest BCUT2D eigenvalue weighted by atomic mass is 10.3. The molecule has 1 aliphatic heterocycles. The van der Waals surface area contributed by atoms with Gasteiger partial charge in [-0.3, -0.25) is 9.69 Å². The average molecular weight is 462 g/mol. The van der Waals surface area contributed by atoms with Gasteiger partial charge in [-0.1, -0.05) is 62.3 Å². The quantitative estimate of drug-likeness (QED) is 0.374. The number of amidine groups is 1. The van der Waals surface area contributed by atoms with E-state index in [1.807, 2.05) is 0 Å². The zero-order valence-electron chi connectivity index (χ0n) is 11.6. The number of hydrogen-bond donors (Lipinski definition) is 0. The number of carbonyl (C=O) groups excluding carboxylic acids is 2. The fraction of sp³-hybridized carbons (Fsp3) is 0.308. The zero-order valence-corrected chi connectivity index (χ0v) is 16.3. The molecule has 0 radical (unpaired) electrons. The molecule has 5 nitrogen and oxygen atoms in total. The summed E-state index contributed by atoms with van der Waals surface area (Å²) < 4.78 is -1.78. The number of benzene rings is 1. The summed E-state index contributed by atoms with van der Waals surface area (Å²) in [5.41, 5.74) is 0.437. The van der Waals surface area contributed by atoms with Crippen molar-refractivity contribution >= 4 is 85.8 Å². The number of nitrogens with zero attached hydrogens (tertiary/aromatic N) is 3. The molecule has 1 unspecified atom stereocenters. The van der Waals surface area contributed by atoms with Crippen LogP contribution in [0.15, 0.2) is 29.3 Å². The Labute approximate surface area is 161 Å². The second kappa shape index (κ2) is 7.15. The predicted octanol–water partition coefficient (Wildman–Crippen LogP) is 4.62. The number of imide groups is 1. The van der Waals surface area contributed by atoms with Crippen LogP contribution in [-0.4, -0.2) is 38.0 Å². The summed E-state index contributed by atoms with van der Waals surface area (Å²) in [6, 6.07) is 5.87. The highest BCUT2D eigenvalue weighted by Gasteiger charge is 2.44. The van der Waals surface area contributed by atoms with Crippen molar-refractivity contribution in [1.82, 2.24) is 4.90 Å². The number of carbonyl (C=O) groups is 2. The molecule has 0 saturated carbocycles. The molecule has 23 heavy (non-hydrogen) atoms. The second-order valence-corrected chi connectivity index (χ2v) is 8.15. The van der Waals surface area contributed by atoms with Gasteiger partial charge in [0.05, 0.1) is 5.69 Å². The maximum atomic E-state index is 12.5. The molecular formula is C13H10BrCl4N3O2. The van der Waals surface area contributed by atoms with Crippen molar-refractivity contribution in [2.45, 2.75) is 15.7 Å². The maximum absolute atomic E-state index is 12.5. The van der Waals surface area contributed by atoms with Crippen molar-refractivity contribution in [2.24, 2.45) is 4.99 Å². The Bertz CT molecular complexity index is 660. The fourth-order valence-corrected chi connectivity index (χ4v) is 2.38. The first kappa shape index (κ1) is 18.8. The molecule has 1 atom stereocenters. The molecule has 1 fully saturated rings. The SMILES string of the molecule is CCN1C(=O)/C(=N/C(Br)C(Cl)(Cl)Cl)N(c2ccc(Cl)cc2)C1=O. The number of amides is 3. The van der Waals surface area contributed by atoms with Crippen LogP contribution in [0.3, 0.4) is 0 Å². The van der Waals surface area contributed by atoms with Crippen LogP contribution in [0.25, 0.3) is 0 Å².